The van der Waals surface area contributed by atoms with Crippen LogP contribution in [0.15, 0.2) is 0 Å². The average Bonchev–Trinajstić information content (AvgIpc) is 2.21. The SMILES string of the molecule is CCCC1CCC(CI)(OC(C)C)CC1. The summed E-state index contributed by atoms with van der Waals surface area (Å²) in [6.45, 7) is 6.61. The van der Waals surface area contributed by atoms with Gasteiger partial charge in [-0.05, 0) is 45.4 Å². The Morgan fingerprint density at radius 1 is 1.33 bits per heavy atom. The van der Waals surface area contributed by atoms with Gasteiger partial charge in [0.05, 0.1) is 11.7 Å². The molecule has 0 aromatic carbocycles. The molecular weight excluding hydrogens is 299 g/mol. The van der Waals surface area contributed by atoms with E-state index in [0.717, 1.165) is 10.3 Å². The molecule has 0 aliphatic heterocycles. The van der Waals surface area contributed by atoms with Gasteiger partial charge < -0.3 is 4.74 Å². The Labute approximate surface area is 108 Å². The smallest absolute Gasteiger partial charge is 0.0775 e. The van der Waals surface area contributed by atoms with Crippen LogP contribution in [-0.4, -0.2) is 16.1 Å². The third-order valence-corrected chi connectivity index (χ3v) is 4.83. The molecule has 0 aromatic rings. The summed E-state index contributed by atoms with van der Waals surface area (Å²) < 4.78 is 7.30. The Morgan fingerprint density at radius 3 is 2.33 bits per heavy atom. The van der Waals surface area contributed by atoms with Crippen LogP contribution in [0, 0.1) is 5.92 Å². The van der Waals surface area contributed by atoms with Gasteiger partial charge in [-0.15, -0.1) is 0 Å². The quantitative estimate of drug-likeness (QED) is 0.531. The van der Waals surface area contributed by atoms with Gasteiger partial charge in [0.2, 0.25) is 0 Å². The summed E-state index contributed by atoms with van der Waals surface area (Å²) in [4.78, 5) is 0. The average molecular weight is 324 g/mol. The Kier molecular flexibility index (Phi) is 5.90. The van der Waals surface area contributed by atoms with E-state index < -0.39 is 0 Å². The van der Waals surface area contributed by atoms with Crippen molar-refractivity contribution in [1.82, 2.24) is 0 Å². The van der Waals surface area contributed by atoms with Crippen LogP contribution >= 0.6 is 22.6 Å². The van der Waals surface area contributed by atoms with Gasteiger partial charge in [-0.2, -0.15) is 0 Å². The van der Waals surface area contributed by atoms with Gasteiger partial charge in [-0.25, -0.2) is 0 Å². The van der Waals surface area contributed by atoms with Crippen molar-refractivity contribution in [3.8, 4) is 0 Å². The fourth-order valence-corrected chi connectivity index (χ4v) is 3.63. The number of hydrogen-bond donors (Lipinski definition) is 0. The Bertz CT molecular complexity index is 171. The van der Waals surface area contributed by atoms with E-state index in [-0.39, 0.29) is 5.60 Å². The molecule has 0 amide bonds. The molecule has 15 heavy (non-hydrogen) atoms. The highest BCUT2D eigenvalue weighted by atomic mass is 127. The van der Waals surface area contributed by atoms with Crippen molar-refractivity contribution >= 4 is 22.6 Å². The fourth-order valence-electron chi connectivity index (χ4n) is 2.68. The summed E-state index contributed by atoms with van der Waals surface area (Å²) in [5.41, 5.74) is 0.207. The van der Waals surface area contributed by atoms with Gasteiger partial charge in [-0.1, -0.05) is 42.4 Å². The third kappa shape index (κ3) is 4.22. The molecule has 0 radical (unpaired) electrons. The molecule has 2 heteroatoms. The molecule has 0 aromatic heterocycles. The molecule has 1 nitrogen and oxygen atoms in total. The predicted molar refractivity (Wildman–Crippen MR) is 74.7 cm³/mol. The molecule has 1 fully saturated rings. The van der Waals surface area contributed by atoms with Crippen LogP contribution in [0.5, 0.6) is 0 Å². The number of ether oxygens (including phenoxy) is 1. The monoisotopic (exact) mass is 324 g/mol. The van der Waals surface area contributed by atoms with Crippen molar-refractivity contribution in [1.29, 1.82) is 0 Å². The first-order chi connectivity index (χ1) is 7.12. The van der Waals surface area contributed by atoms with Crippen molar-refractivity contribution < 1.29 is 4.74 Å². The molecule has 1 rings (SSSR count). The minimum atomic E-state index is 0.207. The largest absolute Gasteiger partial charge is 0.372 e. The number of rotatable bonds is 5. The number of alkyl halides is 1. The van der Waals surface area contributed by atoms with E-state index in [2.05, 4.69) is 43.4 Å². The first kappa shape index (κ1) is 13.8. The van der Waals surface area contributed by atoms with Crippen LogP contribution in [0.3, 0.4) is 0 Å². The molecular formula is C13H25IO. The van der Waals surface area contributed by atoms with E-state index in [0.29, 0.717) is 6.10 Å². The van der Waals surface area contributed by atoms with Gasteiger partial charge in [0.1, 0.15) is 0 Å². The second kappa shape index (κ2) is 6.43. The zero-order chi connectivity index (χ0) is 11.3. The molecule has 0 bridgehead atoms. The summed E-state index contributed by atoms with van der Waals surface area (Å²) in [5.74, 6) is 0.974. The maximum absolute atomic E-state index is 6.15. The van der Waals surface area contributed by atoms with Crippen LogP contribution in [0.25, 0.3) is 0 Å². The standard InChI is InChI=1S/C13H25IO/c1-4-5-12-6-8-13(10-14,9-7-12)15-11(2)3/h11-12H,4-10H2,1-3H3. The lowest BCUT2D eigenvalue weighted by Crippen LogP contribution is -2.40. The zero-order valence-corrected chi connectivity index (χ0v) is 12.5. The van der Waals surface area contributed by atoms with Crippen molar-refractivity contribution in [3.63, 3.8) is 0 Å². The van der Waals surface area contributed by atoms with E-state index in [1.165, 1.54) is 38.5 Å². The summed E-state index contributed by atoms with van der Waals surface area (Å²) in [5, 5.41) is 0. The maximum atomic E-state index is 6.15. The molecule has 0 atom stereocenters. The molecule has 90 valence electrons. The van der Waals surface area contributed by atoms with Crippen molar-refractivity contribution in [2.24, 2.45) is 5.92 Å². The minimum Gasteiger partial charge on any atom is -0.372 e. The lowest BCUT2D eigenvalue weighted by molar-refractivity contribution is -0.0902. The first-order valence-corrected chi connectivity index (χ1v) is 7.88. The Morgan fingerprint density at radius 2 is 1.93 bits per heavy atom. The van der Waals surface area contributed by atoms with Crippen LogP contribution in [0.1, 0.15) is 59.3 Å². The molecule has 0 N–H and O–H groups in total. The first-order valence-electron chi connectivity index (χ1n) is 6.35. The van der Waals surface area contributed by atoms with E-state index in [9.17, 15) is 0 Å². The second-order valence-electron chi connectivity index (χ2n) is 5.22. The van der Waals surface area contributed by atoms with Crippen molar-refractivity contribution in [2.45, 2.75) is 71.0 Å². The summed E-state index contributed by atoms with van der Waals surface area (Å²) in [7, 11) is 0. The Hall–Kier alpha value is 0.690. The highest BCUT2D eigenvalue weighted by Gasteiger charge is 2.35. The van der Waals surface area contributed by atoms with Crippen molar-refractivity contribution in [2.75, 3.05) is 4.43 Å². The van der Waals surface area contributed by atoms with E-state index in [1.54, 1.807) is 0 Å². The topological polar surface area (TPSA) is 9.23 Å². The van der Waals surface area contributed by atoms with Crippen LogP contribution in [-0.2, 0) is 4.74 Å². The second-order valence-corrected chi connectivity index (χ2v) is 5.98. The van der Waals surface area contributed by atoms with Crippen molar-refractivity contribution in [3.05, 3.63) is 0 Å². The van der Waals surface area contributed by atoms with Gasteiger partial charge in [0.15, 0.2) is 0 Å². The van der Waals surface area contributed by atoms with Crippen LogP contribution in [0.2, 0.25) is 0 Å². The van der Waals surface area contributed by atoms with E-state index >= 15 is 0 Å². The Balaban J connectivity index is 2.43. The zero-order valence-electron chi connectivity index (χ0n) is 10.4. The van der Waals surface area contributed by atoms with Crippen LogP contribution in [0.4, 0.5) is 0 Å². The molecule has 0 unspecified atom stereocenters. The van der Waals surface area contributed by atoms with E-state index in [4.69, 9.17) is 4.74 Å². The minimum absolute atomic E-state index is 0.207. The normalized spacial score (nSPS) is 32.2. The van der Waals surface area contributed by atoms with Gasteiger partial charge in [-0.3, -0.25) is 0 Å². The van der Waals surface area contributed by atoms with Crippen LogP contribution < -0.4 is 0 Å². The third-order valence-electron chi connectivity index (χ3n) is 3.44. The molecule has 1 aliphatic carbocycles. The van der Waals surface area contributed by atoms with E-state index in [1.807, 2.05) is 0 Å². The molecule has 1 aliphatic rings. The lowest BCUT2D eigenvalue weighted by Gasteiger charge is -2.40. The number of halogens is 1. The summed E-state index contributed by atoms with van der Waals surface area (Å²) in [6, 6.07) is 0. The van der Waals surface area contributed by atoms with Gasteiger partial charge >= 0.3 is 0 Å². The van der Waals surface area contributed by atoms with Gasteiger partial charge in [0.25, 0.3) is 0 Å². The fraction of sp³-hybridized carbons (Fsp3) is 1.00. The highest BCUT2D eigenvalue weighted by Crippen LogP contribution is 2.38. The lowest BCUT2D eigenvalue weighted by atomic mass is 9.78. The predicted octanol–water partition coefficient (Wildman–Crippen LogP) is 4.58. The summed E-state index contributed by atoms with van der Waals surface area (Å²) >= 11 is 2.50. The molecule has 1 saturated carbocycles. The summed E-state index contributed by atoms with van der Waals surface area (Å²) in [6.07, 6.45) is 8.44. The molecule has 0 spiro atoms. The number of hydrogen-bond acceptors (Lipinski definition) is 1. The highest BCUT2D eigenvalue weighted by molar-refractivity contribution is 14.1. The maximum Gasteiger partial charge on any atom is 0.0775 e. The molecule has 0 heterocycles. The van der Waals surface area contributed by atoms with Gasteiger partial charge in [0, 0.05) is 4.43 Å². The molecule has 0 saturated heterocycles.